The number of likely N-dealkylation sites (N-methyl/N-ethyl adjacent to an activating group) is 1. The molecule has 0 saturated carbocycles. The predicted molar refractivity (Wildman–Crippen MR) is 80.8 cm³/mol. The van der Waals surface area contributed by atoms with Gasteiger partial charge in [0.15, 0.2) is 5.16 Å². The Morgan fingerprint density at radius 2 is 2.25 bits per heavy atom. The fourth-order valence-corrected chi connectivity index (χ4v) is 2.66. The van der Waals surface area contributed by atoms with Gasteiger partial charge in [-0.05, 0) is 33.7 Å². The highest BCUT2D eigenvalue weighted by Gasteiger charge is 2.27. The minimum Gasteiger partial charge on any atom is -0.368 e. The molecule has 0 aromatic carbocycles. The first-order chi connectivity index (χ1) is 9.37. The Labute approximate surface area is 122 Å². The molecule has 0 aliphatic rings. The van der Waals surface area contributed by atoms with Crippen molar-refractivity contribution >= 4 is 17.7 Å². The number of thioether (sulfide) groups is 1. The molecule has 112 valence electrons. The Bertz CT molecular complexity index is 517. The van der Waals surface area contributed by atoms with E-state index in [0.29, 0.717) is 17.3 Å². The van der Waals surface area contributed by atoms with Crippen LogP contribution in [0.25, 0.3) is 0 Å². The average molecular weight is 298 g/mol. The summed E-state index contributed by atoms with van der Waals surface area (Å²) < 4.78 is 0. The Kier molecular flexibility index (Phi) is 6.22. The lowest BCUT2D eigenvalue weighted by Gasteiger charge is -2.25. The number of aryl methyl sites for hydroxylation is 1. The van der Waals surface area contributed by atoms with Crippen molar-refractivity contribution in [2.45, 2.75) is 43.8 Å². The molecule has 1 rings (SSSR count). The van der Waals surface area contributed by atoms with E-state index in [2.05, 4.69) is 15.3 Å². The Morgan fingerprint density at radius 3 is 2.80 bits per heavy atom. The van der Waals surface area contributed by atoms with Gasteiger partial charge >= 0.3 is 0 Å². The van der Waals surface area contributed by atoms with Crippen molar-refractivity contribution in [3.05, 3.63) is 22.1 Å². The van der Waals surface area contributed by atoms with Crippen molar-refractivity contribution in [1.82, 2.24) is 15.3 Å². The number of unbranched alkanes of at least 4 members (excludes halogenated alkanes) is 1. The van der Waals surface area contributed by atoms with E-state index in [4.69, 9.17) is 5.73 Å². The molecule has 0 bridgehead atoms. The van der Waals surface area contributed by atoms with Gasteiger partial charge in [0, 0.05) is 17.5 Å². The number of carbonyl (C=O) groups is 1. The van der Waals surface area contributed by atoms with Crippen LogP contribution in [0, 0.1) is 6.92 Å². The van der Waals surface area contributed by atoms with E-state index < -0.39 is 5.54 Å². The van der Waals surface area contributed by atoms with E-state index in [9.17, 15) is 9.59 Å². The van der Waals surface area contributed by atoms with Crippen LogP contribution in [0.2, 0.25) is 0 Å². The summed E-state index contributed by atoms with van der Waals surface area (Å²) in [7, 11) is 1.74. The zero-order chi connectivity index (χ0) is 15.2. The second kappa shape index (κ2) is 7.44. The second-order valence-electron chi connectivity index (χ2n) is 4.94. The van der Waals surface area contributed by atoms with E-state index in [-0.39, 0.29) is 11.5 Å². The topological polar surface area (TPSA) is 101 Å². The molecule has 20 heavy (non-hydrogen) atoms. The number of primary amides is 1. The maximum Gasteiger partial charge on any atom is 0.251 e. The molecule has 6 nitrogen and oxygen atoms in total. The average Bonchev–Trinajstić information content (AvgIpc) is 2.36. The number of hydrogen-bond donors (Lipinski definition) is 3. The summed E-state index contributed by atoms with van der Waals surface area (Å²) in [6, 6.07) is 1.47. The van der Waals surface area contributed by atoms with Crippen molar-refractivity contribution in [2.75, 3.05) is 12.8 Å². The molecule has 0 spiro atoms. The number of nitrogens with zero attached hydrogens (tertiary/aromatic N) is 1. The fourth-order valence-electron chi connectivity index (χ4n) is 1.74. The fraction of sp³-hybridized carbons (Fsp3) is 0.615. The molecule has 1 heterocycles. The Hall–Kier alpha value is -1.34. The zero-order valence-electron chi connectivity index (χ0n) is 12.2. The maximum atomic E-state index is 11.3. The molecule has 0 aliphatic carbocycles. The monoisotopic (exact) mass is 298 g/mol. The van der Waals surface area contributed by atoms with Gasteiger partial charge in [0.1, 0.15) is 0 Å². The number of H-pyrrole nitrogens is 1. The molecule has 1 amide bonds. The van der Waals surface area contributed by atoms with E-state index in [1.54, 1.807) is 14.0 Å². The van der Waals surface area contributed by atoms with E-state index in [1.165, 1.54) is 17.8 Å². The van der Waals surface area contributed by atoms with E-state index in [1.807, 2.05) is 6.92 Å². The number of hydrogen-bond acceptors (Lipinski definition) is 5. The lowest BCUT2D eigenvalue weighted by atomic mass is 9.94. The molecule has 1 aromatic heterocycles. The van der Waals surface area contributed by atoms with Crippen molar-refractivity contribution in [3.63, 3.8) is 0 Å². The summed E-state index contributed by atoms with van der Waals surface area (Å²) in [5.74, 6) is 0.502. The van der Waals surface area contributed by atoms with Gasteiger partial charge in [-0.2, -0.15) is 0 Å². The van der Waals surface area contributed by atoms with Crippen LogP contribution in [-0.2, 0) is 4.79 Å². The smallest absolute Gasteiger partial charge is 0.251 e. The minimum absolute atomic E-state index is 0.128. The quantitative estimate of drug-likeness (QED) is 0.374. The SMILES string of the molecule is CNC(C)(CCCCSc1nc(C)cc(=O)[nH]1)C(N)=O. The summed E-state index contributed by atoms with van der Waals surface area (Å²) in [5, 5.41) is 3.60. The lowest BCUT2D eigenvalue weighted by Crippen LogP contribution is -2.51. The second-order valence-corrected chi connectivity index (χ2v) is 6.03. The van der Waals surface area contributed by atoms with Crippen molar-refractivity contribution in [3.8, 4) is 0 Å². The van der Waals surface area contributed by atoms with Crippen molar-refractivity contribution in [2.24, 2.45) is 5.73 Å². The van der Waals surface area contributed by atoms with Crippen LogP contribution in [0.5, 0.6) is 0 Å². The number of amides is 1. The van der Waals surface area contributed by atoms with E-state index >= 15 is 0 Å². The van der Waals surface area contributed by atoms with Crippen LogP contribution in [0.4, 0.5) is 0 Å². The van der Waals surface area contributed by atoms with Crippen molar-refractivity contribution in [1.29, 1.82) is 0 Å². The van der Waals surface area contributed by atoms with Gasteiger partial charge in [-0.25, -0.2) is 4.98 Å². The van der Waals surface area contributed by atoms with Crippen LogP contribution in [0.15, 0.2) is 16.0 Å². The highest BCUT2D eigenvalue weighted by atomic mass is 32.2. The van der Waals surface area contributed by atoms with Crippen LogP contribution in [0.1, 0.15) is 31.9 Å². The van der Waals surface area contributed by atoms with Gasteiger partial charge in [-0.3, -0.25) is 9.59 Å². The molecule has 1 unspecified atom stereocenters. The Balaban J connectivity index is 2.35. The molecule has 4 N–H and O–H groups in total. The molecule has 0 saturated heterocycles. The third-order valence-electron chi connectivity index (χ3n) is 3.25. The molecular weight excluding hydrogens is 276 g/mol. The number of nitrogens with one attached hydrogen (secondary N) is 2. The van der Waals surface area contributed by atoms with E-state index in [0.717, 1.165) is 18.6 Å². The number of aromatic amines is 1. The molecule has 1 atom stereocenters. The predicted octanol–water partition coefficient (Wildman–Crippen LogP) is 0.804. The molecule has 0 radical (unpaired) electrons. The first kappa shape index (κ1) is 16.7. The summed E-state index contributed by atoms with van der Waals surface area (Å²) in [6.45, 7) is 3.60. The summed E-state index contributed by atoms with van der Waals surface area (Å²) in [6.07, 6.45) is 2.49. The third-order valence-corrected chi connectivity index (χ3v) is 4.21. The zero-order valence-corrected chi connectivity index (χ0v) is 13.0. The van der Waals surface area contributed by atoms with Crippen LogP contribution < -0.4 is 16.6 Å². The standard InChI is InChI=1S/C13H22N4O2S/c1-9-8-10(18)17-12(16-9)20-7-5-4-6-13(2,15-3)11(14)19/h8,15H,4-7H2,1-3H3,(H2,14,19)(H,16,17,18). The van der Waals surface area contributed by atoms with Crippen LogP contribution in [-0.4, -0.2) is 34.2 Å². The maximum absolute atomic E-state index is 11.3. The van der Waals surface area contributed by atoms with Gasteiger partial charge in [0.25, 0.3) is 5.56 Å². The molecule has 0 aliphatic heterocycles. The van der Waals surface area contributed by atoms with Crippen LogP contribution in [0.3, 0.4) is 0 Å². The number of rotatable bonds is 8. The normalized spacial score (nSPS) is 13.9. The van der Waals surface area contributed by atoms with Gasteiger partial charge in [-0.15, -0.1) is 0 Å². The highest BCUT2D eigenvalue weighted by molar-refractivity contribution is 7.99. The van der Waals surface area contributed by atoms with Gasteiger partial charge in [0.2, 0.25) is 5.91 Å². The molecule has 0 fully saturated rings. The molecule has 1 aromatic rings. The van der Waals surface area contributed by atoms with Gasteiger partial charge < -0.3 is 16.0 Å². The Morgan fingerprint density at radius 1 is 1.55 bits per heavy atom. The largest absolute Gasteiger partial charge is 0.368 e. The van der Waals surface area contributed by atoms with Crippen molar-refractivity contribution < 1.29 is 4.79 Å². The van der Waals surface area contributed by atoms with Gasteiger partial charge in [0.05, 0.1) is 5.54 Å². The first-order valence-corrected chi connectivity index (χ1v) is 7.55. The lowest BCUT2D eigenvalue weighted by molar-refractivity contribution is -0.123. The highest BCUT2D eigenvalue weighted by Crippen LogP contribution is 2.17. The number of carbonyl (C=O) groups excluding carboxylic acids is 1. The number of nitrogens with two attached hydrogens (primary N) is 1. The third kappa shape index (κ3) is 4.97. The molecular formula is C13H22N4O2S. The minimum atomic E-state index is -0.652. The summed E-state index contributed by atoms with van der Waals surface area (Å²) in [4.78, 5) is 29.5. The molecule has 7 heteroatoms. The summed E-state index contributed by atoms with van der Waals surface area (Å²) >= 11 is 1.51. The number of aromatic nitrogens is 2. The summed E-state index contributed by atoms with van der Waals surface area (Å²) in [5.41, 5.74) is 5.30. The van der Waals surface area contributed by atoms with Gasteiger partial charge in [-0.1, -0.05) is 18.2 Å². The first-order valence-electron chi connectivity index (χ1n) is 6.57. The van der Waals surface area contributed by atoms with Crippen LogP contribution >= 0.6 is 11.8 Å².